The van der Waals surface area contributed by atoms with Crippen LogP contribution in [0.4, 0.5) is 4.39 Å². The highest BCUT2D eigenvalue weighted by molar-refractivity contribution is 14.0. The Bertz CT molecular complexity index is 451. The molecule has 0 fully saturated rings. The molecule has 0 amide bonds. The fourth-order valence-corrected chi connectivity index (χ4v) is 2.13. The van der Waals surface area contributed by atoms with E-state index in [9.17, 15) is 4.39 Å². The summed E-state index contributed by atoms with van der Waals surface area (Å²) in [5.41, 5.74) is 0.940. The first-order chi connectivity index (χ1) is 9.32. The van der Waals surface area contributed by atoms with E-state index in [0.717, 1.165) is 11.5 Å². The fraction of sp³-hybridized carbons (Fsp3) is 0.533. The molecule has 0 spiro atoms. The van der Waals surface area contributed by atoms with E-state index in [0.29, 0.717) is 6.54 Å². The van der Waals surface area contributed by atoms with Crippen molar-refractivity contribution in [3.8, 4) is 0 Å². The first-order valence-electron chi connectivity index (χ1n) is 6.64. The molecule has 0 aliphatic heterocycles. The second kappa shape index (κ2) is 9.19. The summed E-state index contributed by atoms with van der Waals surface area (Å²) in [4.78, 5) is 10.7. The largest absolute Gasteiger partial charge is 0.349 e. The van der Waals surface area contributed by atoms with E-state index >= 15 is 0 Å². The van der Waals surface area contributed by atoms with Crippen LogP contribution in [0.25, 0.3) is 0 Å². The van der Waals surface area contributed by atoms with Gasteiger partial charge in [0.1, 0.15) is 5.82 Å². The molecule has 1 rings (SSSR count). The SMILES string of the molecule is CN(C)C(=NCC(c1cccc(F)c1)N(C)C)N(C)C.I. The lowest BCUT2D eigenvalue weighted by atomic mass is 10.1. The third-order valence-corrected chi connectivity index (χ3v) is 3.06. The monoisotopic (exact) mass is 408 g/mol. The van der Waals surface area contributed by atoms with Crippen molar-refractivity contribution in [2.75, 3.05) is 48.8 Å². The lowest BCUT2D eigenvalue weighted by Gasteiger charge is -2.26. The second-order valence-corrected chi connectivity index (χ2v) is 5.46. The van der Waals surface area contributed by atoms with Crippen LogP contribution in [-0.4, -0.2) is 69.5 Å². The lowest BCUT2D eigenvalue weighted by molar-refractivity contribution is 0.303. The van der Waals surface area contributed by atoms with Gasteiger partial charge in [-0.3, -0.25) is 4.99 Å². The normalized spacial score (nSPS) is 11.6. The molecule has 0 N–H and O–H groups in total. The van der Waals surface area contributed by atoms with Crippen LogP contribution >= 0.6 is 24.0 Å². The average molecular weight is 408 g/mol. The molecule has 0 bridgehead atoms. The number of rotatable bonds is 4. The van der Waals surface area contributed by atoms with Crippen LogP contribution in [0.1, 0.15) is 11.6 Å². The zero-order chi connectivity index (χ0) is 15.3. The fourth-order valence-electron chi connectivity index (χ4n) is 2.13. The molecular weight excluding hydrogens is 382 g/mol. The molecule has 0 radical (unpaired) electrons. The highest BCUT2D eigenvalue weighted by Crippen LogP contribution is 2.19. The molecule has 0 aliphatic carbocycles. The van der Waals surface area contributed by atoms with Crippen molar-refractivity contribution < 1.29 is 4.39 Å². The van der Waals surface area contributed by atoms with Crippen LogP contribution in [0.3, 0.4) is 0 Å². The maximum atomic E-state index is 13.4. The van der Waals surface area contributed by atoms with Gasteiger partial charge in [-0.25, -0.2) is 4.39 Å². The molecule has 1 aromatic rings. The van der Waals surface area contributed by atoms with Crippen LogP contribution in [-0.2, 0) is 0 Å². The Morgan fingerprint density at radius 1 is 1.10 bits per heavy atom. The maximum Gasteiger partial charge on any atom is 0.195 e. The van der Waals surface area contributed by atoms with Gasteiger partial charge in [0.05, 0.1) is 12.6 Å². The van der Waals surface area contributed by atoms with E-state index < -0.39 is 0 Å². The predicted octanol–water partition coefficient (Wildman–Crippen LogP) is 2.53. The number of likely N-dealkylation sites (N-methyl/N-ethyl adjacent to an activating group) is 1. The number of nitrogens with zero attached hydrogens (tertiary/aromatic N) is 4. The third kappa shape index (κ3) is 6.17. The summed E-state index contributed by atoms with van der Waals surface area (Å²) >= 11 is 0. The summed E-state index contributed by atoms with van der Waals surface area (Å²) in [6, 6.07) is 6.77. The Balaban J connectivity index is 0.00000400. The van der Waals surface area contributed by atoms with Crippen molar-refractivity contribution in [2.45, 2.75) is 6.04 Å². The molecule has 6 heteroatoms. The van der Waals surface area contributed by atoms with Gasteiger partial charge in [0.25, 0.3) is 0 Å². The van der Waals surface area contributed by atoms with Gasteiger partial charge in [-0.2, -0.15) is 0 Å². The van der Waals surface area contributed by atoms with Gasteiger partial charge in [0, 0.05) is 28.2 Å². The van der Waals surface area contributed by atoms with Crippen molar-refractivity contribution in [1.82, 2.24) is 14.7 Å². The van der Waals surface area contributed by atoms with Crippen LogP contribution < -0.4 is 0 Å². The van der Waals surface area contributed by atoms with E-state index in [-0.39, 0.29) is 35.8 Å². The zero-order valence-corrected chi connectivity index (χ0v) is 16.0. The van der Waals surface area contributed by atoms with Crippen LogP contribution in [0.15, 0.2) is 29.3 Å². The summed E-state index contributed by atoms with van der Waals surface area (Å²) in [6.07, 6.45) is 0. The highest BCUT2D eigenvalue weighted by atomic mass is 127. The maximum absolute atomic E-state index is 13.4. The number of hydrogen-bond acceptors (Lipinski definition) is 2. The summed E-state index contributed by atoms with van der Waals surface area (Å²) in [5, 5.41) is 0. The van der Waals surface area contributed by atoms with Gasteiger partial charge in [0.15, 0.2) is 5.96 Å². The van der Waals surface area contributed by atoms with Gasteiger partial charge < -0.3 is 14.7 Å². The van der Waals surface area contributed by atoms with E-state index in [1.165, 1.54) is 6.07 Å². The summed E-state index contributed by atoms with van der Waals surface area (Å²) in [7, 11) is 11.8. The molecule has 120 valence electrons. The third-order valence-electron chi connectivity index (χ3n) is 3.06. The van der Waals surface area contributed by atoms with Crippen molar-refractivity contribution in [3.63, 3.8) is 0 Å². The minimum Gasteiger partial charge on any atom is -0.349 e. The first-order valence-corrected chi connectivity index (χ1v) is 6.64. The number of aliphatic imine (C=N–C) groups is 1. The average Bonchev–Trinajstić information content (AvgIpc) is 2.32. The number of halogens is 2. The Hall–Kier alpha value is -0.890. The molecule has 0 aromatic heterocycles. The highest BCUT2D eigenvalue weighted by Gasteiger charge is 2.15. The zero-order valence-electron chi connectivity index (χ0n) is 13.7. The smallest absolute Gasteiger partial charge is 0.195 e. The minimum absolute atomic E-state index is 0. The number of hydrogen-bond donors (Lipinski definition) is 0. The van der Waals surface area contributed by atoms with Crippen LogP contribution in [0, 0.1) is 5.82 Å². The number of guanidine groups is 1. The molecule has 1 aromatic carbocycles. The minimum atomic E-state index is -0.209. The second-order valence-electron chi connectivity index (χ2n) is 5.46. The van der Waals surface area contributed by atoms with Crippen LogP contribution in [0.5, 0.6) is 0 Å². The molecule has 21 heavy (non-hydrogen) atoms. The molecule has 1 unspecified atom stereocenters. The quantitative estimate of drug-likeness (QED) is 0.434. The number of benzene rings is 1. The van der Waals surface area contributed by atoms with E-state index in [1.54, 1.807) is 12.1 Å². The van der Waals surface area contributed by atoms with Gasteiger partial charge >= 0.3 is 0 Å². The van der Waals surface area contributed by atoms with Crippen molar-refractivity contribution in [1.29, 1.82) is 0 Å². The topological polar surface area (TPSA) is 22.1 Å². The van der Waals surface area contributed by atoms with E-state index in [4.69, 9.17) is 0 Å². The molecule has 0 saturated carbocycles. The van der Waals surface area contributed by atoms with Gasteiger partial charge in [-0.1, -0.05) is 12.1 Å². The Morgan fingerprint density at radius 3 is 2.10 bits per heavy atom. The van der Waals surface area contributed by atoms with Gasteiger partial charge in [-0.15, -0.1) is 24.0 Å². The van der Waals surface area contributed by atoms with Crippen molar-refractivity contribution in [2.24, 2.45) is 4.99 Å². The Kier molecular flexibility index (Phi) is 8.80. The first kappa shape index (κ1) is 20.1. The van der Waals surface area contributed by atoms with Gasteiger partial charge in [-0.05, 0) is 31.8 Å². The molecule has 1 atom stereocenters. The van der Waals surface area contributed by atoms with E-state index in [1.807, 2.05) is 58.2 Å². The summed E-state index contributed by atoms with van der Waals surface area (Å²) in [6.45, 7) is 0.585. The van der Waals surface area contributed by atoms with E-state index in [2.05, 4.69) is 9.89 Å². The van der Waals surface area contributed by atoms with Crippen LogP contribution in [0.2, 0.25) is 0 Å². The Morgan fingerprint density at radius 2 is 1.67 bits per heavy atom. The molecule has 0 aliphatic rings. The van der Waals surface area contributed by atoms with Crippen molar-refractivity contribution >= 4 is 29.9 Å². The molecule has 4 nitrogen and oxygen atoms in total. The molecule has 0 heterocycles. The summed E-state index contributed by atoms with van der Waals surface area (Å²) in [5.74, 6) is 0.687. The lowest BCUT2D eigenvalue weighted by Crippen LogP contribution is -2.36. The Labute approximate surface area is 144 Å². The van der Waals surface area contributed by atoms with Crippen molar-refractivity contribution in [3.05, 3.63) is 35.6 Å². The van der Waals surface area contributed by atoms with Gasteiger partial charge in [0.2, 0.25) is 0 Å². The standard InChI is InChI=1S/C15H25FN4.HI/c1-18(2)14(12-8-7-9-13(16)10-12)11-17-15(19(3)4)20(5)6;/h7-10,14H,11H2,1-6H3;1H. The molecule has 0 saturated heterocycles. The molecular formula is C15H26FIN4. The predicted molar refractivity (Wildman–Crippen MR) is 97.9 cm³/mol. The summed E-state index contributed by atoms with van der Waals surface area (Å²) < 4.78 is 13.4.